The highest BCUT2D eigenvalue weighted by Gasteiger charge is 2.25. The number of carbonyl (C=O) groups excluding carboxylic acids is 1. The summed E-state index contributed by atoms with van der Waals surface area (Å²) in [5.74, 6) is -0.370. The summed E-state index contributed by atoms with van der Waals surface area (Å²) >= 11 is 0. The maximum Gasteiger partial charge on any atom is 0.273 e. The number of H-pyrrole nitrogens is 1. The third-order valence-corrected chi connectivity index (χ3v) is 8.34. The van der Waals surface area contributed by atoms with Crippen LogP contribution < -0.4 is 15.8 Å². The Kier molecular flexibility index (Phi) is 6.88. The van der Waals surface area contributed by atoms with Crippen LogP contribution in [-0.2, 0) is 16.6 Å². The van der Waals surface area contributed by atoms with E-state index in [0.717, 1.165) is 36.8 Å². The van der Waals surface area contributed by atoms with Crippen LogP contribution in [0.4, 0.5) is 5.69 Å². The summed E-state index contributed by atoms with van der Waals surface area (Å²) in [5.41, 5.74) is 9.35. The Morgan fingerprint density at radius 2 is 1.97 bits per heavy atom. The Morgan fingerprint density at radius 1 is 1.21 bits per heavy atom. The molecular formula is C26H28N8O3S. The van der Waals surface area contributed by atoms with E-state index in [2.05, 4.69) is 31.4 Å². The van der Waals surface area contributed by atoms with Crippen LogP contribution in [0.1, 0.15) is 58.9 Å². The number of fused-ring (bicyclic) bond motifs is 1. The van der Waals surface area contributed by atoms with E-state index in [1.807, 2.05) is 6.92 Å². The number of amides is 1. The highest BCUT2D eigenvalue weighted by atomic mass is 32.2. The fraction of sp³-hybridized carbons (Fsp3) is 0.308. The summed E-state index contributed by atoms with van der Waals surface area (Å²) in [6.45, 7) is 2.06. The number of aryl methyl sites for hydroxylation is 1. The molecule has 5 N–H and O–H groups in total. The third kappa shape index (κ3) is 4.98. The van der Waals surface area contributed by atoms with Gasteiger partial charge < -0.3 is 16.0 Å². The number of nitrogens with one attached hydrogen (secondary N) is 3. The molecule has 5 rings (SSSR count). The number of nitrogens with two attached hydrogens (primary N) is 1. The van der Waals surface area contributed by atoms with Crippen molar-refractivity contribution < 1.29 is 13.2 Å². The SMILES string of the molecule is Cc1ccc(NS(=O)(=O)c2ccc(CNC(=O)c3cn([C@@H]4CCCC[C@@H]4N)nn3)cc2)c2[nH]cc(C#N)c12. The topological polar surface area (TPSA) is 172 Å². The molecule has 1 aliphatic rings. The second kappa shape index (κ2) is 10.3. The Labute approximate surface area is 220 Å². The number of nitrogens with zero attached hydrogens (tertiary/aromatic N) is 4. The molecule has 11 nitrogen and oxygen atoms in total. The molecule has 38 heavy (non-hydrogen) atoms. The molecular weight excluding hydrogens is 504 g/mol. The number of aromatic amines is 1. The molecule has 4 aromatic rings. The van der Waals surface area contributed by atoms with Gasteiger partial charge in [-0.2, -0.15) is 5.26 Å². The minimum Gasteiger partial charge on any atom is -0.358 e. The van der Waals surface area contributed by atoms with E-state index in [0.29, 0.717) is 22.2 Å². The highest BCUT2D eigenvalue weighted by Crippen LogP contribution is 2.30. The molecule has 2 aromatic carbocycles. The minimum absolute atomic E-state index is 0.000482. The molecule has 0 unspecified atom stereocenters. The highest BCUT2D eigenvalue weighted by molar-refractivity contribution is 7.92. The number of rotatable bonds is 7. The van der Waals surface area contributed by atoms with Gasteiger partial charge in [0.05, 0.1) is 33.9 Å². The lowest BCUT2D eigenvalue weighted by Gasteiger charge is -2.28. The smallest absolute Gasteiger partial charge is 0.273 e. The second-order valence-corrected chi connectivity index (χ2v) is 11.2. The van der Waals surface area contributed by atoms with E-state index in [-0.39, 0.29) is 35.1 Å². The number of anilines is 1. The fourth-order valence-electron chi connectivity index (χ4n) is 4.87. The van der Waals surface area contributed by atoms with E-state index in [1.54, 1.807) is 41.3 Å². The number of carbonyl (C=O) groups is 1. The van der Waals surface area contributed by atoms with Gasteiger partial charge in [0, 0.05) is 24.2 Å². The lowest BCUT2D eigenvalue weighted by molar-refractivity contribution is 0.0945. The van der Waals surface area contributed by atoms with Gasteiger partial charge in [-0.25, -0.2) is 13.1 Å². The van der Waals surface area contributed by atoms with Crippen LogP contribution in [0, 0.1) is 18.3 Å². The average molecular weight is 533 g/mol. The number of sulfonamides is 1. The zero-order valence-electron chi connectivity index (χ0n) is 20.8. The largest absolute Gasteiger partial charge is 0.358 e. The van der Waals surface area contributed by atoms with Crippen molar-refractivity contribution in [3.8, 4) is 6.07 Å². The predicted molar refractivity (Wildman–Crippen MR) is 142 cm³/mol. The first-order chi connectivity index (χ1) is 18.3. The van der Waals surface area contributed by atoms with Gasteiger partial charge in [0.25, 0.3) is 15.9 Å². The summed E-state index contributed by atoms with van der Waals surface area (Å²) in [6, 6.07) is 11.8. The average Bonchev–Trinajstić information content (AvgIpc) is 3.58. The molecule has 1 saturated carbocycles. The standard InChI is InChI=1S/C26H28N8O3S/c1-16-6-11-21(25-24(16)18(12-27)14-29-25)32-38(36,37)19-9-7-17(8-10-19)13-30-26(35)22-15-34(33-31-22)23-5-3-2-4-20(23)28/h6-11,14-15,20,23,29,32H,2-5,13,28H2,1H3,(H,30,35)/t20-,23+/m0/s1. The van der Waals surface area contributed by atoms with Crippen LogP contribution in [0.5, 0.6) is 0 Å². The number of benzene rings is 2. The maximum absolute atomic E-state index is 13.0. The minimum atomic E-state index is -3.89. The van der Waals surface area contributed by atoms with Crippen LogP contribution in [0.2, 0.25) is 0 Å². The van der Waals surface area contributed by atoms with Gasteiger partial charge in [-0.05, 0) is 49.1 Å². The van der Waals surface area contributed by atoms with E-state index >= 15 is 0 Å². The molecule has 1 amide bonds. The second-order valence-electron chi connectivity index (χ2n) is 9.53. The van der Waals surface area contributed by atoms with Crippen molar-refractivity contribution in [2.45, 2.75) is 56.1 Å². The Morgan fingerprint density at radius 3 is 2.71 bits per heavy atom. The Balaban J connectivity index is 1.24. The van der Waals surface area contributed by atoms with Crippen LogP contribution in [0.15, 0.2) is 53.7 Å². The van der Waals surface area contributed by atoms with Crippen molar-refractivity contribution in [3.63, 3.8) is 0 Å². The Hall–Kier alpha value is -4.21. The normalized spacial score (nSPS) is 17.7. The molecule has 196 valence electrons. The van der Waals surface area contributed by atoms with Crippen molar-refractivity contribution in [2.75, 3.05) is 4.72 Å². The summed E-state index contributed by atoms with van der Waals surface area (Å²) < 4.78 is 30.4. The van der Waals surface area contributed by atoms with Gasteiger partial charge in [0.1, 0.15) is 6.07 Å². The van der Waals surface area contributed by atoms with Crippen LogP contribution in [0.25, 0.3) is 10.9 Å². The molecule has 0 radical (unpaired) electrons. The quantitative estimate of drug-likeness (QED) is 0.283. The molecule has 1 fully saturated rings. The summed E-state index contributed by atoms with van der Waals surface area (Å²) in [7, 11) is -3.89. The summed E-state index contributed by atoms with van der Waals surface area (Å²) in [5, 5.41) is 20.9. The van der Waals surface area contributed by atoms with Crippen LogP contribution in [0.3, 0.4) is 0 Å². The maximum atomic E-state index is 13.0. The third-order valence-electron chi connectivity index (χ3n) is 6.96. The first-order valence-corrected chi connectivity index (χ1v) is 13.8. The Bertz CT molecular complexity index is 1630. The van der Waals surface area contributed by atoms with Crippen molar-refractivity contribution in [3.05, 3.63) is 71.2 Å². The van der Waals surface area contributed by atoms with Crippen LogP contribution in [-0.4, -0.2) is 40.3 Å². The molecule has 0 aliphatic heterocycles. The number of nitriles is 1. The molecule has 1 aliphatic carbocycles. The number of aromatic nitrogens is 4. The lowest BCUT2D eigenvalue weighted by atomic mass is 9.91. The van der Waals surface area contributed by atoms with Crippen molar-refractivity contribution in [2.24, 2.45) is 5.73 Å². The van der Waals surface area contributed by atoms with Gasteiger partial charge in [-0.3, -0.25) is 9.52 Å². The number of hydrogen-bond donors (Lipinski definition) is 4. The first kappa shape index (κ1) is 25.4. The molecule has 0 saturated heterocycles. The zero-order chi connectivity index (χ0) is 26.9. The van der Waals surface area contributed by atoms with Crippen molar-refractivity contribution >= 4 is 32.5 Å². The lowest BCUT2D eigenvalue weighted by Crippen LogP contribution is -2.35. The molecule has 2 heterocycles. The van der Waals surface area contributed by atoms with E-state index in [4.69, 9.17) is 5.73 Å². The number of hydrogen-bond acceptors (Lipinski definition) is 7. The fourth-order valence-corrected chi connectivity index (χ4v) is 5.94. The molecule has 0 spiro atoms. The molecule has 12 heteroatoms. The van der Waals surface area contributed by atoms with Gasteiger partial charge in [0.2, 0.25) is 0 Å². The van der Waals surface area contributed by atoms with Gasteiger partial charge in [-0.1, -0.05) is 36.3 Å². The van der Waals surface area contributed by atoms with Gasteiger partial charge >= 0.3 is 0 Å². The van der Waals surface area contributed by atoms with Crippen molar-refractivity contribution in [1.82, 2.24) is 25.3 Å². The zero-order valence-corrected chi connectivity index (χ0v) is 21.6. The predicted octanol–water partition coefficient (Wildman–Crippen LogP) is 3.11. The monoisotopic (exact) mass is 532 g/mol. The van der Waals surface area contributed by atoms with E-state index in [1.165, 1.54) is 12.1 Å². The van der Waals surface area contributed by atoms with Crippen molar-refractivity contribution in [1.29, 1.82) is 5.26 Å². The summed E-state index contributed by atoms with van der Waals surface area (Å²) in [4.78, 5) is 15.6. The first-order valence-electron chi connectivity index (χ1n) is 12.3. The van der Waals surface area contributed by atoms with E-state index < -0.39 is 10.0 Å². The van der Waals surface area contributed by atoms with Gasteiger partial charge in [-0.15, -0.1) is 5.10 Å². The van der Waals surface area contributed by atoms with Gasteiger partial charge in [0.15, 0.2) is 5.69 Å². The molecule has 0 bridgehead atoms. The molecule has 2 atom stereocenters. The summed E-state index contributed by atoms with van der Waals surface area (Å²) in [6.07, 6.45) is 7.20. The van der Waals surface area contributed by atoms with Crippen LogP contribution >= 0.6 is 0 Å². The molecule has 2 aromatic heterocycles. The van der Waals surface area contributed by atoms with E-state index in [9.17, 15) is 18.5 Å².